The molecule has 0 unspecified atom stereocenters. The van der Waals surface area contributed by atoms with Gasteiger partial charge < -0.3 is 0 Å². The van der Waals surface area contributed by atoms with Gasteiger partial charge in [-0.1, -0.05) is 38.0 Å². The third-order valence-corrected chi connectivity index (χ3v) is 2.59. The molecule has 2 aromatic rings. The topological polar surface area (TPSA) is 42.7 Å². The molecule has 0 saturated carbocycles. The second-order valence-corrected chi connectivity index (χ2v) is 4.09. The molecule has 17 heavy (non-hydrogen) atoms. The lowest BCUT2D eigenvalue weighted by Gasteiger charge is -2.03. The number of nitrogens with zero attached hydrogens (tertiary/aromatic N) is 3. The molecule has 0 aliphatic carbocycles. The molecule has 0 saturated heterocycles. The van der Waals surface area contributed by atoms with Crippen LogP contribution in [0.1, 0.15) is 31.9 Å². The normalized spacial score (nSPS) is 10.4. The molecule has 4 nitrogen and oxygen atoms in total. The molecule has 90 valence electrons. The average molecular weight is 230 g/mol. The second kappa shape index (κ2) is 6.03. The van der Waals surface area contributed by atoms with E-state index in [1.807, 2.05) is 36.5 Å². The zero-order valence-electron chi connectivity index (χ0n) is 10.1. The molecule has 0 aliphatic heterocycles. The molecule has 0 amide bonds. The lowest BCUT2D eigenvalue weighted by Crippen LogP contribution is -2.09. The van der Waals surface area contributed by atoms with Crippen molar-refractivity contribution in [1.29, 1.82) is 0 Å². The van der Waals surface area contributed by atoms with Gasteiger partial charge >= 0.3 is 0 Å². The van der Waals surface area contributed by atoms with Crippen LogP contribution in [0.2, 0.25) is 0 Å². The SMILES string of the molecule is CCCCCc1cn(Nc2ccccc2)nn1. The summed E-state index contributed by atoms with van der Waals surface area (Å²) in [5.74, 6) is 0. The molecule has 1 N–H and O–H groups in total. The van der Waals surface area contributed by atoms with Crippen molar-refractivity contribution in [2.24, 2.45) is 0 Å². The van der Waals surface area contributed by atoms with Gasteiger partial charge in [-0.05, 0) is 30.2 Å². The molecular weight excluding hydrogens is 212 g/mol. The minimum Gasteiger partial charge on any atom is -0.277 e. The van der Waals surface area contributed by atoms with Crippen LogP contribution in [-0.2, 0) is 6.42 Å². The van der Waals surface area contributed by atoms with Gasteiger partial charge in [-0.25, -0.2) is 0 Å². The quantitative estimate of drug-likeness (QED) is 0.776. The number of para-hydroxylation sites is 1. The van der Waals surface area contributed by atoms with Gasteiger partial charge in [-0.15, -0.1) is 5.10 Å². The van der Waals surface area contributed by atoms with Gasteiger partial charge in [0.2, 0.25) is 0 Å². The monoisotopic (exact) mass is 230 g/mol. The summed E-state index contributed by atoms with van der Waals surface area (Å²) in [4.78, 5) is 1.66. The van der Waals surface area contributed by atoms with Crippen molar-refractivity contribution < 1.29 is 0 Å². The number of anilines is 1. The number of hydrogen-bond acceptors (Lipinski definition) is 3. The minimum atomic E-state index is 1.00. The standard InChI is InChI=1S/C13H18N4/c1-2-3-5-10-13-11-17(16-14-13)15-12-8-6-4-7-9-12/h4,6-9,11,15H,2-3,5,10H2,1H3. The van der Waals surface area contributed by atoms with Gasteiger partial charge in [-0.2, -0.15) is 4.79 Å². The van der Waals surface area contributed by atoms with Gasteiger partial charge in [0.25, 0.3) is 0 Å². The summed E-state index contributed by atoms with van der Waals surface area (Å²) in [5, 5.41) is 8.18. The van der Waals surface area contributed by atoms with Crippen LogP contribution in [0.4, 0.5) is 5.69 Å². The Bertz CT molecular complexity index is 436. The molecule has 1 aromatic heterocycles. The average Bonchev–Trinajstić information content (AvgIpc) is 2.79. The van der Waals surface area contributed by atoms with Crippen molar-refractivity contribution in [2.75, 3.05) is 5.43 Å². The maximum Gasteiger partial charge on any atom is 0.0849 e. The van der Waals surface area contributed by atoms with Crippen LogP contribution in [0.15, 0.2) is 36.5 Å². The van der Waals surface area contributed by atoms with E-state index in [2.05, 4.69) is 22.7 Å². The lowest BCUT2D eigenvalue weighted by atomic mass is 10.2. The number of rotatable bonds is 6. The Morgan fingerprint density at radius 1 is 1.18 bits per heavy atom. The fourth-order valence-electron chi connectivity index (χ4n) is 1.67. The van der Waals surface area contributed by atoms with Crippen LogP contribution in [0.25, 0.3) is 0 Å². The zero-order valence-corrected chi connectivity index (χ0v) is 10.1. The predicted octanol–water partition coefficient (Wildman–Crippen LogP) is 2.89. The third-order valence-electron chi connectivity index (χ3n) is 2.59. The van der Waals surface area contributed by atoms with E-state index in [1.165, 1.54) is 19.3 Å². The van der Waals surface area contributed by atoms with Crippen molar-refractivity contribution in [2.45, 2.75) is 32.6 Å². The highest BCUT2D eigenvalue weighted by atomic mass is 15.6. The second-order valence-electron chi connectivity index (χ2n) is 4.09. The molecule has 0 bridgehead atoms. The van der Waals surface area contributed by atoms with Gasteiger partial charge in [0.05, 0.1) is 17.6 Å². The summed E-state index contributed by atoms with van der Waals surface area (Å²) in [6.07, 6.45) is 6.61. The van der Waals surface area contributed by atoms with E-state index in [0.717, 1.165) is 17.8 Å². The van der Waals surface area contributed by atoms with E-state index in [4.69, 9.17) is 0 Å². The predicted molar refractivity (Wildman–Crippen MR) is 68.7 cm³/mol. The number of nitrogens with one attached hydrogen (secondary N) is 1. The Hall–Kier alpha value is -1.84. The molecule has 1 heterocycles. The summed E-state index contributed by atoms with van der Waals surface area (Å²) in [5.41, 5.74) is 5.21. The van der Waals surface area contributed by atoms with Crippen LogP contribution in [0.5, 0.6) is 0 Å². The molecule has 0 fully saturated rings. The highest BCUT2D eigenvalue weighted by Gasteiger charge is 2.00. The largest absolute Gasteiger partial charge is 0.277 e. The Morgan fingerprint density at radius 2 is 2.00 bits per heavy atom. The van der Waals surface area contributed by atoms with E-state index >= 15 is 0 Å². The first kappa shape index (κ1) is 11.6. The number of aromatic nitrogens is 3. The molecule has 1 aromatic carbocycles. The number of hydrogen-bond donors (Lipinski definition) is 1. The van der Waals surface area contributed by atoms with Crippen LogP contribution in [-0.4, -0.2) is 15.1 Å². The van der Waals surface area contributed by atoms with Crippen molar-refractivity contribution in [1.82, 2.24) is 15.1 Å². The first-order chi connectivity index (χ1) is 8.38. The zero-order chi connectivity index (χ0) is 11.9. The smallest absolute Gasteiger partial charge is 0.0849 e. The Labute approximate surface area is 102 Å². The van der Waals surface area contributed by atoms with Crippen LogP contribution < -0.4 is 5.43 Å². The fraction of sp³-hybridized carbons (Fsp3) is 0.385. The van der Waals surface area contributed by atoms with Crippen molar-refractivity contribution >= 4 is 5.69 Å². The summed E-state index contributed by atoms with van der Waals surface area (Å²) < 4.78 is 0. The fourth-order valence-corrected chi connectivity index (χ4v) is 1.67. The van der Waals surface area contributed by atoms with E-state index in [0.29, 0.717) is 0 Å². The molecular formula is C13H18N4. The van der Waals surface area contributed by atoms with E-state index in [9.17, 15) is 0 Å². The summed E-state index contributed by atoms with van der Waals surface area (Å²) in [6, 6.07) is 9.96. The number of benzene rings is 1. The summed E-state index contributed by atoms with van der Waals surface area (Å²) in [7, 11) is 0. The van der Waals surface area contributed by atoms with E-state index in [1.54, 1.807) is 4.79 Å². The molecule has 0 atom stereocenters. The highest BCUT2D eigenvalue weighted by molar-refractivity contribution is 5.41. The summed E-state index contributed by atoms with van der Waals surface area (Å²) >= 11 is 0. The van der Waals surface area contributed by atoms with Gasteiger partial charge in [0.1, 0.15) is 0 Å². The van der Waals surface area contributed by atoms with Crippen molar-refractivity contribution in [3.8, 4) is 0 Å². The maximum absolute atomic E-state index is 4.13. The molecule has 0 radical (unpaired) electrons. The van der Waals surface area contributed by atoms with Crippen molar-refractivity contribution in [3.05, 3.63) is 42.2 Å². The first-order valence-electron chi connectivity index (χ1n) is 6.12. The lowest BCUT2D eigenvalue weighted by molar-refractivity contribution is 0.702. The van der Waals surface area contributed by atoms with E-state index < -0.39 is 0 Å². The number of aryl methyl sites for hydroxylation is 1. The molecule has 4 heteroatoms. The Kier molecular flexibility index (Phi) is 4.13. The number of unbranched alkanes of at least 4 members (excludes halogenated alkanes) is 2. The molecule has 0 spiro atoms. The molecule has 0 aliphatic rings. The maximum atomic E-state index is 4.13. The van der Waals surface area contributed by atoms with Crippen molar-refractivity contribution in [3.63, 3.8) is 0 Å². The molecule has 2 rings (SSSR count). The van der Waals surface area contributed by atoms with Crippen LogP contribution >= 0.6 is 0 Å². The van der Waals surface area contributed by atoms with Gasteiger partial charge in [0, 0.05) is 0 Å². The van der Waals surface area contributed by atoms with E-state index in [-0.39, 0.29) is 0 Å². The van der Waals surface area contributed by atoms with Gasteiger partial charge in [-0.3, -0.25) is 5.43 Å². The highest BCUT2D eigenvalue weighted by Crippen LogP contribution is 2.06. The van der Waals surface area contributed by atoms with Crippen LogP contribution in [0, 0.1) is 0 Å². The minimum absolute atomic E-state index is 1.00. The summed E-state index contributed by atoms with van der Waals surface area (Å²) in [6.45, 7) is 2.20. The Morgan fingerprint density at radius 3 is 2.76 bits per heavy atom. The third kappa shape index (κ3) is 3.59. The van der Waals surface area contributed by atoms with Gasteiger partial charge in [0.15, 0.2) is 0 Å². The van der Waals surface area contributed by atoms with Crippen LogP contribution in [0.3, 0.4) is 0 Å². The Balaban J connectivity index is 1.90. The first-order valence-corrected chi connectivity index (χ1v) is 6.12.